The Morgan fingerprint density at radius 1 is 1.25 bits per heavy atom. The van der Waals surface area contributed by atoms with Gasteiger partial charge in [0.2, 0.25) is 0 Å². The van der Waals surface area contributed by atoms with Gasteiger partial charge in [0.05, 0.1) is 5.56 Å². The van der Waals surface area contributed by atoms with Crippen LogP contribution in [0.3, 0.4) is 0 Å². The molecule has 0 fully saturated rings. The molecule has 126 valence electrons. The number of carbonyl (C=O) groups is 2. The van der Waals surface area contributed by atoms with E-state index in [9.17, 15) is 19.7 Å². The first-order valence-corrected chi connectivity index (χ1v) is 7.36. The van der Waals surface area contributed by atoms with Crippen LogP contribution >= 0.6 is 0 Å². The molecule has 1 aromatic carbocycles. The molecule has 1 aliphatic heterocycles. The average Bonchev–Trinajstić information content (AvgIpc) is 2.45. The number of hydrogen-bond acceptors (Lipinski definition) is 5. The summed E-state index contributed by atoms with van der Waals surface area (Å²) in [5.41, 5.74) is 1.48. The minimum absolute atomic E-state index is 0.0644. The average molecular weight is 330 g/mol. The number of dihydropyridines is 1. The van der Waals surface area contributed by atoms with Crippen LogP contribution in [0.5, 0.6) is 0 Å². The second-order valence-electron chi connectivity index (χ2n) is 6.54. The Morgan fingerprint density at radius 2 is 1.83 bits per heavy atom. The molecule has 1 aromatic rings. The molecule has 1 amide bonds. The van der Waals surface area contributed by atoms with Crippen molar-refractivity contribution >= 4 is 17.6 Å². The summed E-state index contributed by atoms with van der Waals surface area (Å²) < 4.78 is 5.10. The molecule has 0 saturated carbocycles. The number of amides is 1. The lowest BCUT2D eigenvalue weighted by atomic mass is 9.87. The molecule has 1 aliphatic rings. The number of nitro groups is 1. The lowest BCUT2D eigenvalue weighted by Gasteiger charge is -2.19. The Hall–Kier alpha value is -2.83. The van der Waals surface area contributed by atoms with E-state index in [0.717, 1.165) is 5.56 Å². The van der Waals surface area contributed by atoms with Crippen molar-refractivity contribution in [3.63, 3.8) is 0 Å². The summed E-state index contributed by atoms with van der Waals surface area (Å²) in [5, 5.41) is 11.0. The molecule has 0 radical (unpaired) electrons. The van der Waals surface area contributed by atoms with Crippen molar-refractivity contribution < 1.29 is 19.2 Å². The SMILES string of the molecule is CC1=NC(=O)C([N+](=O)[O-])C(OC(=O)c2ccc(C(C)(C)C)cc2)=C1. The van der Waals surface area contributed by atoms with E-state index >= 15 is 0 Å². The van der Waals surface area contributed by atoms with Gasteiger partial charge in [-0.05, 0) is 30.0 Å². The maximum atomic E-state index is 12.2. The van der Waals surface area contributed by atoms with Gasteiger partial charge in [0.15, 0.2) is 5.76 Å². The molecule has 7 heteroatoms. The minimum atomic E-state index is -1.79. The fraction of sp³-hybridized carbons (Fsp3) is 0.353. The zero-order valence-corrected chi connectivity index (χ0v) is 13.9. The molecule has 1 atom stereocenters. The zero-order chi connectivity index (χ0) is 18.1. The minimum Gasteiger partial charge on any atom is -0.419 e. The Labute approximate surface area is 139 Å². The smallest absolute Gasteiger partial charge is 0.348 e. The van der Waals surface area contributed by atoms with Gasteiger partial charge < -0.3 is 4.74 Å². The van der Waals surface area contributed by atoms with Gasteiger partial charge in [-0.1, -0.05) is 32.9 Å². The lowest BCUT2D eigenvalue weighted by molar-refractivity contribution is -0.501. The molecular weight excluding hydrogens is 312 g/mol. The third kappa shape index (κ3) is 3.73. The van der Waals surface area contributed by atoms with Crippen molar-refractivity contribution in [2.75, 3.05) is 0 Å². The number of rotatable bonds is 3. The first-order chi connectivity index (χ1) is 11.1. The number of benzene rings is 1. The van der Waals surface area contributed by atoms with Crippen molar-refractivity contribution in [3.8, 4) is 0 Å². The molecule has 0 bridgehead atoms. The Kier molecular flexibility index (Phi) is 4.64. The van der Waals surface area contributed by atoms with E-state index in [1.165, 1.54) is 13.0 Å². The van der Waals surface area contributed by atoms with Crippen LogP contribution in [-0.4, -0.2) is 28.6 Å². The summed E-state index contributed by atoms with van der Waals surface area (Å²) in [6, 6.07) is 5.00. The molecular formula is C17H18N2O5. The summed E-state index contributed by atoms with van der Waals surface area (Å²) in [6.45, 7) is 7.63. The number of esters is 1. The molecule has 0 aromatic heterocycles. The van der Waals surface area contributed by atoms with Crippen molar-refractivity contribution in [1.29, 1.82) is 0 Å². The number of allylic oxidation sites excluding steroid dienone is 1. The van der Waals surface area contributed by atoms with Crippen molar-refractivity contribution in [2.24, 2.45) is 4.99 Å². The normalized spacial score (nSPS) is 17.8. The van der Waals surface area contributed by atoms with Gasteiger partial charge >= 0.3 is 17.9 Å². The van der Waals surface area contributed by atoms with Crippen LogP contribution in [0.25, 0.3) is 0 Å². The largest absolute Gasteiger partial charge is 0.419 e. The monoisotopic (exact) mass is 330 g/mol. The second kappa shape index (κ2) is 6.35. The van der Waals surface area contributed by atoms with Gasteiger partial charge in [-0.2, -0.15) is 0 Å². The van der Waals surface area contributed by atoms with Crippen LogP contribution in [0.15, 0.2) is 41.1 Å². The highest BCUT2D eigenvalue weighted by atomic mass is 16.6. The quantitative estimate of drug-likeness (QED) is 0.482. The molecule has 1 heterocycles. The summed E-state index contributed by atoms with van der Waals surface area (Å²) in [4.78, 5) is 37.6. The maximum absolute atomic E-state index is 12.2. The Bertz CT molecular complexity index is 754. The van der Waals surface area contributed by atoms with Gasteiger partial charge in [-0.25, -0.2) is 9.79 Å². The van der Waals surface area contributed by atoms with E-state index < -0.39 is 22.8 Å². The maximum Gasteiger partial charge on any atom is 0.348 e. The molecule has 0 spiro atoms. The third-order valence-electron chi connectivity index (χ3n) is 3.55. The Morgan fingerprint density at radius 3 is 2.33 bits per heavy atom. The molecule has 1 unspecified atom stereocenters. The highest BCUT2D eigenvalue weighted by Gasteiger charge is 2.39. The van der Waals surface area contributed by atoms with Gasteiger partial charge in [-0.15, -0.1) is 0 Å². The predicted octanol–water partition coefficient (Wildman–Crippen LogP) is 2.67. The summed E-state index contributed by atoms with van der Waals surface area (Å²) in [5.74, 6) is -2.02. The van der Waals surface area contributed by atoms with Gasteiger partial charge in [0.25, 0.3) is 0 Å². The Balaban J connectivity index is 2.23. The van der Waals surface area contributed by atoms with Crippen LogP contribution in [0.1, 0.15) is 43.6 Å². The second-order valence-corrected chi connectivity index (χ2v) is 6.54. The fourth-order valence-corrected chi connectivity index (χ4v) is 2.23. The predicted molar refractivity (Wildman–Crippen MR) is 87.5 cm³/mol. The van der Waals surface area contributed by atoms with E-state index in [0.29, 0.717) is 0 Å². The summed E-state index contributed by atoms with van der Waals surface area (Å²) >= 11 is 0. The third-order valence-corrected chi connectivity index (χ3v) is 3.55. The molecule has 0 N–H and O–H groups in total. The topological polar surface area (TPSA) is 98.9 Å². The summed E-state index contributed by atoms with van der Waals surface area (Å²) in [7, 11) is 0. The molecule has 0 saturated heterocycles. The van der Waals surface area contributed by atoms with Crippen molar-refractivity contribution in [2.45, 2.75) is 39.2 Å². The van der Waals surface area contributed by atoms with E-state index in [-0.39, 0.29) is 22.4 Å². The number of hydrogen-bond donors (Lipinski definition) is 0. The summed E-state index contributed by atoms with van der Waals surface area (Å²) in [6.07, 6.45) is 1.23. The number of carbonyl (C=O) groups excluding carboxylic acids is 2. The molecule has 0 aliphatic carbocycles. The van der Waals surface area contributed by atoms with Crippen LogP contribution in [0, 0.1) is 10.1 Å². The fourth-order valence-electron chi connectivity index (χ4n) is 2.23. The highest BCUT2D eigenvalue weighted by molar-refractivity contribution is 6.06. The van der Waals surface area contributed by atoms with Crippen LogP contribution in [0.4, 0.5) is 0 Å². The zero-order valence-electron chi connectivity index (χ0n) is 13.9. The standard InChI is InChI=1S/C17H18N2O5/c1-10-9-13(14(19(22)23)15(20)18-10)24-16(21)11-5-7-12(8-6-11)17(2,3)4/h5-9,14H,1-4H3. The molecule has 24 heavy (non-hydrogen) atoms. The number of nitrogens with zero attached hydrogens (tertiary/aromatic N) is 2. The van der Waals surface area contributed by atoms with Crippen molar-refractivity contribution in [3.05, 3.63) is 57.3 Å². The van der Waals surface area contributed by atoms with Gasteiger partial charge in [-0.3, -0.25) is 14.9 Å². The van der Waals surface area contributed by atoms with E-state index in [2.05, 4.69) is 4.99 Å². The van der Waals surface area contributed by atoms with E-state index in [4.69, 9.17) is 4.74 Å². The van der Waals surface area contributed by atoms with E-state index in [1.54, 1.807) is 24.3 Å². The van der Waals surface area contributed by atoms with E-state index in [1.807, 2.05) is 20.8 Å². The number of aliphatic imine (C=N–C) groups is 1. The van der Waals surface area contributed by atoms with Crippen LogP contribution < -0.4 is 0 Å². The number of ether oxygens (including phenoxy) is 1. The van der Waals surface area contributed by atoms with Crippen molar-refractivity contribution in [1.82, 2.24) is 0 Å². The van der Waals surface area contributed by atoms with Gasteiger partial charge in [0, 0.05) is 16.7 Å². The lowest BCUT2D eigenvalue weighted by Crippen LogP contribution is -2.35. The first kappa shape index (κ1) is 17.5. The van der Waals surface area contributed by atoms with Gasteiger partial charge in [0.1, 0.15) is 0 Å². The molecule has 7 nitrogen and oxygen atoms in total. The first-order valence-electron chi connectivity index (χ1n) is 7.36. The van der Waals surface area contributed by atoms with Crippen LogP contribution in [0.2, 0.25) is 0 Å². The van der Waals surface area contributed by atoms with Crippen LogP contribution in [-0.2, 0) is 14.9 Å². The molecule has 2 rings (SSSR count). The highest BCUT2D eigenvalue weighted by Crippen LogP contribution is 2.23.